The van der Waals surface area contributed by atoms with Crippen LogP contribution in [0.1, 0.15) is 22.0 Å². The maximum atomic E-state index is 14.2. The summed E-state index contributed by atoms with van der Waals surface area (Å²) < 4.78 is 29.1. The molecule has 0 aliphatic heterocycles. The van der Waals surface area contributed by atoms with Crippen LogP contribution >= 0.6 is 15.9 Å². The van der Waals surface area contributed by atoms with Gasteiger partial charge in [0.25, 0.3) is 0 Å². The third-order valence-corrected chi connectivity index (χ3v) is 3.49. The van der Waals surface area contributed by atoms with Crippen molar-refractivity contribution in [3.63, 3.8) is 0 Å². The molecule has 0 aliphatic rings. The van der Waals surface area contributed by atoms with Crippen LogP contribution in [-0.2, 0) is 0 Å². The van der Waals surface area contributed by atoms with Gasteiger partial charge in [0.05, 0.1) is 0 Å². The molecule has 0 fully saturated rings. The zero-order valence-electron chi connectivity index (χ0n) is 10.4. The van der Waals surface area contributed by atoms with Crippen LogP contribution in [0, 0.1) is 0 Å². The zero-order chi connectivity index (χ0) is 14.8. The Bertz CT molecular complexity index is 599. The fourth-order valence-electron chi connectivity index (χ4n) is 1.80. The molecule has 1 atom stereocenters. The van der Waals surface area contributed by atoms with Crippen molar-refractivity contribution in [2.45, 2.75) is 12.0 Å². The molecule has 5 heteroatoms. The summed E-state index contributed by atoms with van der Waals surface area (Å²) in [6.45, 7) is 0. The predicted molar refractivity (Wildman–Crippen MR) is 76.8 cm³/mol. The topological polar surface area (TPSA) is 43.1 Å². The fraction of sp³-hybridized carbons (Fsp3) is 0.133. The van der Waals surface area contributed by atoms with Gasteiger partial charge >= 0.3 is 5.92 Å². The van der Waals surface area contributed by atoms with Crippen LogP contribution in [0.2, 0.25) is 0 Å². The average molecular weight is 340 g/mol. The van der Waals surface area contributed by atoms with E-state index >= 15 is 0 Å². The molecule has 2 aromatic rings. The second kappa shape index (κ2) is 5.81. The van der Waals surface area contributed by atoms with Crippen LogP contribution in [0.15, 0.2) is 59.1 Å². The van der Waals surface area contributed by atoms with E-state index in [9.17, 15) is 13.6 Å². The first-order valence-corrected chi connectivity index (χ1v) is 6.71. The van der Waals surface area contributed by atoms with Crippen LogP contribution in [0.4, 0.5) is 8.78 Å². The first-order chi connectivity index (χ1) is 9.43. The van der Waals surface area contributed by atoms with E-state index in [1.807, 2.05) is 0 Å². The summed E-state index contributed by atoms with van der Waals surface area (Å²) in [5.74, 6) is -4.93. The number of Topliss-reactive ketones (excluding diaryl/α,β-unsaturated/α-hetero) is 1. The standard InChI is InChI=1S/C15H12BrF2NO/c16-12-8-6-10(7-9-12)13(19)15(17,18)14(20)11-4-2-1-3-5-11/h1-9,13H,19H2/t13-/m0/s1. The minimum absolute atomic E-state index is 0.0509. The maximum Gasteiger partial charge on any atom is 0.328 e. The molecule has 0 saturated carbocycles. The molecule has 0 spiro atoms. The second-order valence-electron chi connectivity index (χ2n) is 4.35. The number of hydrogen-bond donors (Lipinski definition) is 1. The molecule has 0 saturated heterocycles. The van der Waals surface area contributed by atoms with E-state index in [0.717, 1.165) is 4.47 Å². The van der Waals surface area contributed by atoms with E-state index in [1.54, 1.807) is 18.2 Å². The molecule has 20 heavy (non-hydrogen) atoms. The van der Waals surface area contributed by atoms with Gasteiger partial charge in [-0.05, 0) is 17.7 Å². The van der Waals surface area contributed by atoms with Crippen LogP contribution in [0.25, 0.3) is 0 Å². The summed E-state index contributed by atoms with van der Waals surface area (Å²) in [5, 5.41) is 0. The van der Waals surface area contributed by atoms with Gasteiger partial charge < -0.3 is 5.73 Å². The summed E-state index contributed by atoms with van der Waals surface area (Å²) in [7, 11) is 0. The molecule has 0 radical (unpaired) electrons. The van der Waals surface area contributed by atoms with Gasteiger partial charge in [-0.2, -0.15) is 8.78 Å². The minimum atomic E-state index is -3.66. The third kappa shape index (κ3) is 2.94. The van der Waals surface area contributed by atoms with Gasteiger partial charge in [0, 0.05) is 10.0 Å². The predicted octanol–water partition coefficient (Wildman–Crippen LogP) is 3.97. The Kier molecular flexibility index (Phi) is 4.30. The molecule has 0 bridgehead atoms. The minimum Gasteiger partial charge on any atom is -0.319 e. The molecule has 0 aromatic heterocycles. The molecular weight excluding hydrogens is 328 g/mol. The van der Waals surface area contributed by atoms with Crippen molar-refractivity contribution in [2.75, 3.05) is 0 Å². The Morgan fingerprint density at radius 1 is 1.05 bits per heavy atom. The highest BCUT2D eigenvalue weighted by atomic mass is 79.9. The van der Waals surface area contributed by atoms with Crippen LogP contribution in [0.3, 0.4) is 0 Å². The molecule has 0 aliphatic carbocycles. The summed E-state index contributed by atoms with van der Waals surface area (Å²) >= 11 is 3.22. The van der Waals surface area contributed by atoms with Gasteiger partial charge in [-0.1, -0.05) is 58.4 Å². The Balaban J connectivity index is 2.29. The Morgan fingerprint density at radius 3 is 2.15 bits per heavy atom. The van der Waals surface area contributed by atoms with Gasteiger partial charge in [-0.25, -0.2) is 0 Å². The Morgan fingerprint density at radius 2 is 1.60 bits per heavy atom. The molecule has 104 valence electrons. The van der Waals surface area contributed by atoms with Gasteiger partial charge in [0.2, 0.25) is 5.78 Å². The van der Waals surface area contributed by atoms with E-state index in [-0.39, 0.29) is 11.1 Å². The zero-order valence-corrected chi connectivity index (χ0v) is 12.0. The van der Waals surface area contributed by atoms with Gasteiger partial charge in [-0.3, -0.25) is 4.79 Å². The largest absolute Gasteiger partial charge is 0.328 e. The number of hydrogen-bond acceptors (Lipinski definition) is 2. The molecule has 2 aromatic carbocycles. The monoisotopic (exact) mass is 339 g/mol. The Labute approximate surface area is 123 Å². The van der Waals surface area contributed by atoms with E-state index in [4.69, 9.17) is 5.73 Å². The smallest absolute Gasteiger partial charge is 0.319 e. The number of carbonyl (C=O) groups excluding carboxylic acids is 1. The molecule has 0 amide bonds. The number of nitrogens with two attached hydrogens (primary N) is 1. The number of alkyl halides is 2. The second-order valence-corrected chi connectivity index (χ2v) is 5.26. The van der Waals surface area contributed by atoms with Crippen LogP contribution in [-0.4, -0.2) is 11.7 Å². The van der Waals surface area contributed by atoms with Gasteiger partial charge in [0.1, 0.15) is 6.04 Å². The molecule has 2 rings (SSSR count). The first-order valence-electron chi connectivity index (χ1n) is 5.91. The number of carbonyl (C=O) groups is 1. The van der Waals surface area contributed by atoms with Crippen molar-refractivity contribution in [2.24, 2.45) is 5.73 Å². The lowest BCUT2D eigenvalue weighted by Crippen LogP contribution is -2.40. The molecule has 2 nitrogen and oxygen atoms in total. The van der Waals surface area contributed by atoms with E-state index in [0.29, 0.717) is 0 Å². The Hall–Kier alpha value is -1.59. The third-order valence-electron chi connectivity index (χ3n) is 2.96. The molecular formula is C15H12BrF2NO. The summed E-state index contributed by atoms with van der Waals surface area (Å²) in [4.78, 5) is 11.9. The lowest BCUT2D eigenvalue weighted by molar-refractivity contribution is -0.00722. The van der Waals surface area contributed by atoms with Gasteiger partial charge in [-0.15, -0.1) is 0 Å². The highest BCUT2D eigenvalue weighted by Crippen LogP contribution is 2.33. The van der Waals surface area contributed by atoms with Crippen molar-refractivity contribution < 1.29 is 13.6 Å². The van der Waals surface area contributed by atoms with Gasteiger partial charge in [0.15, 0.2) is 0 Å². The highest BCUT2D eigenvalue weighted by molar-refractivity contribution is 9.10. The number of ketones is 1. The van der Waals surface area contributed by atoms with Crippen LogP contribution in [0.5, 0.6) is 0 Å². The van der Waals surface area contributed by atoms with Crippen LogP contribution < -0.4 is 5.73 Å². The lowest BCUT2D eigenvalue weighted by Gasteiger charge is -2.22. The van der Waals surface area contributed by atoms with Crippen molar-refractivity contribution in [1.29, 1.82) is 0 Å². The summed E-state index contributed by atoms with van der Waals surface area (Å²) in [6.07, 6.45) is 0. The van der Waals surface area contributed by atoms with E-state index in [2.05, 4.69) is 15.9 Å². The number of halogens is 3. The molecule has 0 unspecified atom stereocenters. The average Bonchev–Trinajstić information content (AvgIpc) is 2.47. The number of rotatable bonds is 4. The van der Waals surface area contributed by atoms with E-state index < -0.39 is 17.7 Å². The molecule has 2 N–H and O–H groups in total. The highest BCUT2D eigenvalue weighted by Gasteiger charge is 2.46. The first kappa shape index (κ1) is 14.8. The number of benzene rings is 2. The van der Waals surface area contributed by atoms with Crippen molar-refractivity contribution >= 4 is 21.7 Å². The summed E-state index contributed by atoms with van der Waals surface area (Å²) in [5.41, 5.74) is 5.73. The summed E-state index contributed by atoms with van der Waals surface area (Å²) in [6, 6.07) is 11.9. The SMILES string of the molecule is N[C@@H](c1ccc(Br)cc1)C(F)(F)C(=O)c1ccccc1. The van der Waals surface area contributed by atoms with Crippen molar-refractivity contribution in [3.05, 3.63) is 70.2 Å². The quantitative estimate of drug-likeness (QED) is 0.856. The maximum absolute atomic E-state index is 14.2. The van der Waals surface area contributed by atoms with Crippen molar-refractivity contribution in [1.82, 2.24) is 0 Å². The molecule has 0 heterocycles. The van der Waals surface area contributed by atoms with Crippen molar-refractivity contribution in [3.8, 4) is 0 Å². The van der Waals surface area contributed by atoms with E-state index in [1.165, 1.54) is 36.4 Å². The fourth-order valence-corrected chi connectivity index (χ4v) is 2.07. The normalized spacial score (nSPS) is 13.0. The lowest BCUT2D eigenvalue weighted by atomic mass is 9.95.